The van der Waals surface area contributed by atoms with Gasteiger partial charge in [0.05, 0.1) is 5.52 Å². The van der Waals surface area contributed by atoms with E-state index in [9.17, 15) is 4.39 Å². The monoisotopic (exact) mass is 179 g/mol. The molecule has 3 nitrogen and oxygen atoms in total. The van der Waals surface area contributed by atoms with Crippen LogP contribution in [0.3, 0.4) is 0 Å². The minimum atomic E-state index is -0.306. The smallest absolute Gasteiger partial charge is 0.152 e. The van der Waals surface area contributed by atoms with Gasteiger partial charge in [-0.25, -0.2) is 9.07 Å². The Bertz CT molecular complexity index is 422. The third-order valence-corrected chi connectivity index (χ3v) is 1.93. The van der Waals surface area contributed by atoms with Crippen LogP contribution in [0.4, 0.5) is 4.39 Å². The Kier molecular flexibility index (Phi) is 1.96. The minimum absolute atomic E-state index is 0.306. The van der Waals surface area contributed by atoms with Crippen LogP contribution in [0.5, 0.6) is 0 Å². The molecule has 0 bridgehead atoms. The van der Waals surface area contributed by atoms with Crippen LogP contribution in [0.2, 0.25) is 0 Å². The third kappa shape index (κ3) is 1.28. The summed E-state index contributed by atoms with van der Waals surface area (Å²) in [6, 6.07) is 4.90. The van der Waals surface area contributed by atoms with Crippen LogP contribution in [0.25, 0.3) is 11.0 Å². The van der Waals surface area contributed by atoms with Gasteiger partial charge in [0, 0.05) is 6.54 Å². The van der Waals surface area contributed by atoms with Gasteiger partial charge in [-0.1, -0.05) is 18.2 Å². The van der Waals surface area contributed by atoms with Crippen molar-refractivity contribution in [2.45, 2.75) is 19.9 Å². The van der Waals surface area contributed by atoms with Crippen molar-refractivity contribution in [2.75, 3.05) is 0 Å². The SMILES string of the molecule is CCCn1nnc2c(F)cccc21. The minimum Gasteiger partial charge on any atom is -0.245 e. The lowest BCUT2D eigenvalue weighted by molar-refractivity contribution is 0.595. The Balaban J connectivity index is 2.61. The van der Waals surface area contributed by atoms with E-state index in [4.69, 9.17) is 0 Å². The van der Waals surface area contributed by atoms with E-state index in [2.05, 4.69) is 10.3 Å². The first-order valence-electron chi connectivity index (χ1n) is 4.30. The summed E-state index contributed by atoms with van der Waals surface area (Å²) >= 11 is 0. The van der Waals surface area contributed by atoms with Gasteiger partial charge >= 0.3 is 0 Å². The largest absolute Gasteiger partial charge is 0.245 e. The van der Waals surface area contributed by atoms with Crippen LogP contribution in [0.15, 0.2) is 18.2 Å². The fraction of sp³-hybridized carbons (Fsp3) is 0.333. The van der Waals surface area contributed by atoms with Gasteiger partial charge in [-0.3, -0.25) is 0 Å². The maximum Gasteiger partial charge on any atom is 0.152 e. The molecule has 0 aliphatic carbocycles. The molecule has 0 unspecified atom stereocenters. The first-order chi connectivity index (χ1) is 6.33. The highest BCUT2D eigenvalue weighted by Gasteiger charge is 2.06. The zero-order chi connectivity index (χ0) is 9.26. The van der Waals surface area contributed by atoms with E-state index in [1.807, 2.05) is 13.0 Å². The predicted octanol–water partition coefficient (Wildman–Crippen LogP) is 1.98. The molecule has 2 aromatic rings. The van der Waals surface area contributed by atoms with Gasteiger partial charge in [0.25, 0.3) is 0 Å². The summed E-state index contributed by atoms with van der Waals surface area (Å²) in [6.45, 7) is 2.83. The lowest BCUT2D eigenvalue weighted by atomic mass is 10.3. The molecular formula is C9H10FN3. The average molecular weight is 179 g/mol. The molecule has 13 heavy (non-hydrogen) atoms. The standard InChI is InChI=1S/C9H10FN3/c1-2-6-13-8-5-3-4-7(10)9(8)11-12-13/h3-5H,2,6H2,1H3. The van der Waals surface area contributed by atoms with Gasteiger partial charge in [-0.2, -0.15) is 0 Å². The molecule has 0 spiro atoms. The normalized spacial score (nSPS) is 10.9. The Morgan fingerprint density at radius 1 is 1.46 bits per heavy atom. The summed E-state index contributed by atoms with van der Waals surface area (Å²) in [5, 5.41) is 7.65. The fourth-order valence-corrected chi connectivity index (χ4v) is 1.34. The average Bonchev–Trinajstić information content (AvgIpc) is 2.51. The number of hydrogen-bond donors (Lipinski definition) is 0. The molecule has 0 saturated heterocycles. The number of rotatable bonds is 2. The van der Waals surface area contributed by atoms with Gasteiger partial charge in [-0.15, -0.1) is 5.10 Å². The first-order valence-corrected chi connectivity index (χ1v) is 4.30. The van der Waals surface area contributed by atoms with Gasteiger partial charge in [0.1, 0.15) is 5.52 Å². The van der Waals surface area contributed by atoms with Crippen molar-refractivity contribution in [3.05, 3.63) is 24.0 Å². The molecule has 0 aliphatic rings. The lowest BCUT2D eigenvalue weighted by Crippen LogP contribution is -1.98. The number of aryl methyl sites for hydroxylation is 1. The number of aromatic nitrogens is 3. The predicted molar refractivity (Wildman–Crippen MR) is 47.8 cm³/mol. The van der Waals surface area contributed by atoms with Crippen molar-refractivity contribution >= 4 is 11.0 Å². The van der Waals surface area contributed by atoms with Crippen molar-refractivity contribution in [3.8, 4) is 0 Å². The lowest BCUT2D eigenvalue weighted by Gasteiger charge is -1.97. The van der Waals surface area contributed by atoms with E-state index in [-0.39, 0.29) is 5.82 Å². The summed E-state index contributed by atoms with van der Waals surface area (Å²) in [7, 11) is 0. The van der Waals surface area contributed by atoms with E-state index < -0.39 is 0 Å². The van der Waals surface area contributed by atoms with Crippen LogP contribution < -0.4 is 0 Å². The molecule has 0 aliphatic heterocycles. The van der Waals surface area contributed by atoms with Crippen LogP contribution in [-0.4, -0.2) is 15.0 Å². The Labute approximate surface area is 75.2 Å². The maximum atomic E-state index is 13.1. The van der Waals surface area contributed by atoms with Gasteiger partial charge in [0.2, 0.25) is 0 Å². The van der Waals surface area contributed by atoms with Crippen molar-refractivity contribution in [3.63, 3.8) is 0 Å². The van der Waals surface area contributed by atoms with Crippen molar-refractivity contribution in [2.24, 2.45) is 0 Å². The van der Waals surface area contributed by atoms with E-state index in [1.165, 1.54) is 6.07 Å². The molecule has 4 heteroatoms. The molecule has 1 aromatic heterocycles. The second-order valence-corrected chi connectivity index (χ2v) is 2.92. The highest BCUT2D eigenvalue weighted by atomic mass is 19.1. The molecule has 0 amide bonds. The maximum absolute atomic E-state index is 13.1. The second kappa shape index (κ2) is 3.12. The highest BCUT2D eigenvalue weighted by molar-refractivity contribution is 5.74. The molecule has 68 valence electrons. The Hall–Kier alpha value is -1.45. The molecule has 0 saturated carbocycles. The fourth-order valence-electron chi connectivity index (χ4n) is 1.34. The summed E-state index contributed by atoms with van der Waals surface area (Å²) in [5.41, 5.74) is 1.12. The zero-order valence-corrected chi connectivity index (χ0v) is 7.37. The number of benzene rings is 1. The molecule has 0 radical (unpaired) electrons. The second-order valence-electron chi connectivity index (χ2n) is 2.92. The number of fused-ring (bicyclic) bond motifs is 1. The summed E-state index contributed by atoms with van der Waals surface area (Å²) in [6.07, 6.45) is 0.967. The number of halogens is 1. The van der Waals surface area contributed by atoms with E-state index >= 15 is 0 Å². The van der Waals surface area contributed by atoms with Crippen LogP contribution in [0, 0.1) is 5.82 Å². The molecular weight excluding hydrogens is 169 g/mol. The van der Waals surface area contributed by atoms with Gasteiger partial charge in [-0.05, 0) is 18.6 Å². The van der Waals surface area contributed by atoms with E-state index in [0.717, 1.165) is 18.5 Å². The van der Waals surface area contributed by atoms with Crippen molar-refractivity contribution in [1.82, 2.24) is 15.0 Å². The Morgan fingerprint density at radius 3 is 3.08 bits per heavy atom. The van der Waals surface area contributed by atoms with E-state index in [0.29, 0.717) is 5.52 Å². The quantitative estimate of drug-likeness (QED) is 0.705. The summed E-state index contributed by atoms with van der Waals surface area (Å²) < 4.78 is 14.8. The summed E-state index contributed by atoms with van der Waals surface area (Å²) in [5.74, 6) is -0.306. The number of hydrogen-bond acceptors (Lipinski definition) is 2. The molecule has 0 fully saturated rings. The van der Waals surface area contributed by atoms with Crippen LogP contribution in [-0.2, 0) is 6.54 Å². The molecule has 1 heterocycles. The molecule has 0 atom stereocenters. The molecule has 2 rings (SSSR count). The molecule has 0 N–H and O–H groups in total. The summed E-state index contributed by atoms with van der Waals surface area (Å²) in [4.78, 5) is 0. The van der Waals surface area contributed by atoms with Crippen LogP contribution in [0.1, 0.15) is 13.3 Å². The molecule has 1 aromatic carbocycles. The van der Waals surface area contributed by atoms with Crippen LogP contribution >= 0.6 is 0 Å². The topological polar surface area (TPSA) is 30.7 Å². The first kappa shape index (κ1) is 8.16. The third-order valence-electron chi connectivity index (χ3n) is 1.93. The highest BCUT2D eigenvalue weighted by Crippen LogP contribution is 2.14. The van der Waals surface area contributed by atoms with E-state index in [1.54, 1.807) is 10.7 Å². The number of nitrogens with zero attached hydrogens (tertiary/aromatic N) is 3. The van der Waals surface area contributed by atoms with Crippen molar-refractivity contribution in [1.29, 1.82) is 0 Å². The zero-order valence-electron chi connectivity index (χ0n) is 7.37. The van der Waals surface area contributed by atoms with Crippen molar-refractivity contribution < 1.29 is 4.39 Å². The Morgan fingerprint density at radius 2 is 2.31 bits per heavy atom. The van der Waals surface area contributed by atoms with Gasteiger partial charge < -0.3 is 0 Å². The van der Waals surface area contributed by atoms with Gasteiger partial charge in [0.15, 0.2) is 5.82 Å².